The van der Waals surface area contributed by atoms with Gasteiger partial charge in [0.1, 0.15) is 11.2 Å². The van der Waals surface area contributed by atoms with E-state index in [9.17, 15) is 9.59 Å². The standard InChI is InChI=1S/C26H28N2O4/c1-16-13-21-24(25-23(16)20(15-31-25)18-9-6-5-7-10-18)17(2)19(26(30)32-21)14-22(29)27-11-8-12-28(3)4/h5-7,9-10,13,15H,8,11-12,14H2,1-4H3,(H,27,29). The van der Waals surface area contributed by atoms with Crippen molar-refractivity contribution in [2.75, 3.05) is 27.2 Å². The lowest BCUT2D eigenvalue weighted by atomic mass is 9.96. The summed E-state index contributed by atoms with van der Waals surface area (Å²) in [6, 6.07) is 11.9. The largest absolute Gasteiger partial charge is 0.463 e. The number of carbonyl (C=O) groups is 1. The number of aryl methyl sites for hydroxylation is 2. The van der Waals surface area contributed by atoms with Crippen LogP contribution in [0.1, 0.15) is 23.1 Å². The second-order valence-corrected chi connectivity index (χ2v) is 8.46. The molecular formula is C26H28N2O4. The van der Waals surface area contributed by atoms with Crippen molar-refractivity contribution in [2.45, 2.75) is 26.7 Å². The average Bonchev–Trinajstić information content (AvgIpc) is 3.20. The Morgan fingerprint density at radius 1 is 1.09 bits per heavy atom. The van der Waals surface area contributed by atoms with Crippen LogP contribution in [-0.4, -0.2) is 38.0 Å². The van der Waals surface area contributed by atoms with Gasteiger partial charge in [0.05, 0.1) is 23.6 Å². The van der Waals surface area contributed by atoms with E-state index in [-0.39, 0.29) is 12.3 Å². The molecule has 0 bridgehead atoms. The van der Waals surface area contributed by atoms with Gasteiger partial charge in [-0.1, -0.05) is 30.3 Å². The van der Waals surface area contributed by atoms with E-state index in [1.165, 1.54) is 0 Å². The zero-order chi connectivity index (χ0) is 22.8. The highest BCUT2D eigenvalue weighted by atomic mass is 16.4. The van der Waals surface area contributed by atoms with Crippen LogP contribution in [0.4, 0.5) is 0 Å². The molecule has 0 unspecified atom stereocenters. The Kier molecular flexibility index (Phi) is 6.15. The van der Waals surface area contributed by atoms with Crippen LogP contribution in [0.2, 0.25) is 0 Å². The molecule has 4 aromatic rings. The summed E-state index contributed by atoms with van der Waals surface area (Å²) in [5.41, 5.74) is 4.77. The van der Waals surface area contributed by atoms with Crippen molar-refractivity contribution in [3.8, 4) is 11.1 Å². The molecule has 0 atom stereocenters. The molecule has 2 aromatic carbocycles. The molecule has 2 aromatic heterocycles. The number of fused-ring (bicyclic) bond motifs is 3. The molecule has 1 amide bonds. The van der Waals surface area contributed by atoms with Crippen molar-refractivity contribution >= 4 is 27.8 Å². The van der Waals surface area contributed by atoms with E-state index in [0.29, 0.717) is 23.3 Å². The van der Waals surface area contributed by atoms with Gasteiger partial charge in [-0.15, -0.1) is 0 Å². The maximum Gasteiger partial charge on any atom is 0.340 e. The van der Waals surface area contributed by atoms with Gasteiger partial charge < -0.3 is 19.1 Å². The summed E-state index contributed by atoms with van der Waals surface area (Å²) < 4.78 is 11.6. The second kappa shape index (κ2) is 9.01. The quantitative estimate of drug-likeness (QED) is 0.345. The van der Waals surface area contributed by atoms with Crippen molar-refractivity contribution in [1.82, 2.24) is 10.2 Å². The fourth-order valence-electron chi connectivity index (χ4n) is 4.17. The highest BCUT2D eigenvalue weighted by Crippen LogP contribution is 2.38. The molecule has 0 spiro atoms. The molecule has 0 saturated carbocycles. The summed E-state index contributed by atoms with van der Waals surface area (Å²) >= 11 is 0. The Morgan fingerprint density at radius 2 is 1.84 bits per heavy atom. The minimum Gasteiger partial charge on any atom is -0.463 e. The van der Waals surface area contributed by atoms with Gasteiger partial charge in [0.15, 0.2) is 0 Å². The van der Waals surface area contributed by atoms with E-state index >= 15 is 0 Å². The Balaban J connectivity index is 1.74. The van der Waals surface area contributed by atoms with Crippen molar-refractivity contribution in [1.29, 1.82) is 0 Å². The number of amides is 1. The fraction of sp³-hybridized carbons (Fsp3) is 0.308. The van der Waals surface area contributed by atoms with E-state index in [0.717, 1.165) is 46.0 Å². The van der Waals surface area contributed by atoms with Crippen molar-refractivity contribution in [3.63, 3.8) is 0 Å². The monoisotopic (exact) mass is 432 g/mol. The summed E-state index contributed by atoms with van der Waals surface area (Å²) in [5, 5.41) is 4.62. The molecule has 166 valence electrons. The maximum atomic E-state index is 12.7. The first-order chi connectivity index (χ1) is 15.4. The smallest absolute Gasteiger partial charge is 0.340 e. The van der Waals surface area contributed by atoms with Gasteiger partial charge >= 0.3 is 5.63 Å². The van der Waals surface area contributed by atoms with Crippen molar-refractivity contribution < 1.29 is 13.6 Å². The Hall–Kier alpha value is -3.38. The molecule has 0 aliphatic carbocycles. The molecule has 32 heavy (non-hydrogen) atoms. The van der Waals surface area contributed by atoms with Gasteiger partial charge in [-0.05, 0) is 63.7 Å². The summed E-state index contributed by atoms with van der Waals surface area (Å²) in [7, 11) is 3.98. The maximum absolute atomic E-state index is 12.7. The van der Waals surface area contributed by atoms with E-state index < -0.39 is 5.63 Å². The molecule has 0 aliphatic heterocycles. The summed E-state index contributed by atoms with van der Waals surface area (Å²) in [5.74, 6) is -0.189. The lowest BCUT2D eigenvalue weighted by Gasteiger charge is -2.11. The van der Waals surface area contributed by atoms with Gasteiger partial charge in [-0.25, -0.2) is 4.79 Å². The van der Waals surface area contributed by atoms with Gasteiger partial charge in [0, 0.05) is 17.5 Å². The number of hydrogen-bond donors (Lipinski definition) is 1. The Labute approximate surface area is 186 Å². The van der Waals surface area contributed by atoms with Gasteiger partial charge in [0.25, 0.3) is 0 Å². The van der Waals surface area contributed by atoms with Crippen LogP contribution >= 0.6 is 0 Å². The lowest BCUT2D eigenvalue weighted by Crippen LogP contribution is -2.30. The number of carbonyl (C=O) groups excluding carboxylic acids is 1. The van der Waals surface area contributed by atoms with Crippen LogP contribution in [-0.2, 0) is 11.2 Å². The molecule has 2 heterocycles. The minimum absolute atomic E-state index is 0.0201. The van der Waals surface area contributed by atoms with Crippen molar-refractivity contribution in [2.24, 2.45) is 0 Å². The number of furan rings is 1. The zero-order valence-corrected chi connectivity index (χ0v) is 19.0. The van der Waals surface area contributed by atoms with Crippen LogP contribution in [0, 0.1) is 13.8 Å². The van der Waals surface area contributed by atoms with E-state index in [4.69, 9.17) is 8.83 Å². The van der Waals surface area contributed by atoms with E-state index in [1.54, 1.807) is 6.26 Å². The highest BCUT2D eigenvalue weighted by Gasteiger charge is 2.21. The van der Waals surface area contributed by atoms with Crippen LogP contribution < -0.4 is 10.9 Å². The Morgan fingerprint density at radius 3 is 2.56 bits per heavy atom. The van der Waals surface area contributed by atoms with Crippen LogP contribution in [0.5, 0.6) is 0 Å². The average molecular weight is 433 g/mol. The topological polar surface area (TPSA) is 75.7 Å². The second-order valence-electron chi connectivity index (χ2n) is 8.46. The number of benzene rings is 2. The predicted molar refractivity (Wildman–Crippen MR) is 127 cm³/mol. The summed E-state index contributed by atoms with van der Waals surface area (Å²) in [6.45, 7) is 5.29. The van der Waals surface area contributed by atoms with Crippen LogP contribution in [0.25, 0.3) is 33.1 Å². The third-order valence-corrected chi connectivity index (χ3v) is 5.81. The van der Waals surface area contributed by atoms with Crippen molar-refractivity contribution in [3.05, 3.63) is 69.8 Å². The number of hydrogen-bond acceptors (Lipinski definition) is 5. The number of nitrogens with one attached hydrogen (secondary N) is 1. The van der Waals surface area contributed by atoms with Gasteiger partial charge in [-0.3, -0.25) is 4.79 Å². The van der Waals surface area contributed by atoms with Crippen LogP contribution in [0.15, 0.2) is 56.3 Å². The van der Waals surface area contributed by atoms with E-state index in [1.807, 2.05) is 64.3 Å². The molecule has 4 rings (SSSR count). The minimum atomic E-state index is -0.480. The third-order valence-electron chi connectivity index (χ3n) is 5.81. The van der Waals surface area contributed by atoms with E-state index in [2.05, 4.69) is 10.2 Å². The molecule has 0 saturated heterocycles. The van der Waals surface area contributed by atoms with Gasteiger partial charge in [-0.2, -0.15) is 0 Å². The highest BCUT2D eigenvalue weighted by molar-refractivity contribution is 6.11. The molecule has 1 N–H and O–H groups in total. The van der Waals surface area contributed by atoms with Crippen LogP contribution in [0.3, 0.4) is 0 Å². The summed E-state index contributed by atoms with van der Waals surface area (Å²) in [6.07, 6.45) is 2.57. The summed E-state index contributed by atoms with van der Waals surface area (Å²) in [4.78, 5) is 27.2. The molecule has 6 heteroatoms. The molecule has 0 fully saturated rings. The lowest BCUT2D eigenvalue weighted by molar-refractivity contribution is -0.120. The molecule has 6 nitrogen and oxygen atoms in total. The fourth-order valence-corrected chi connectivity index (χ4v) is 4.17. The molecule has 0 aliphatic rings. The first kappa shape index (κ1) is 21.8. The van der Waals surface area contributed by atoms with Gasteiger partial charge in [0.2, 0.25) is 5.91 Å². The Bertz CT molecular complexity index is 1330. The third kappa shape index (κ3) is 4.18. The molecule has 0 radical (unpaired) electrons. The number of rotatable bonds is 7. The number of nitrogens with zero attached hydrogens (tertiary/aromatic N) is 1. The zero-order valence-electron chi connectivity index (χ0n) is 19.0. The molecular weight excluding hydrogens is 404 g/mol. The predicted octanol–water partition coefficient (Wildman–Crippen LogP) is 4.43. The normalized spacial score (nSPS) is 11.5. The SMILES string of the molecule is Cc1cc2oc(=O)c(CC(=O)NCCCN(C)C)c(C)c2c2occ(-c3ccccc3)c12. The first-order valence-corrected chi connectivity index (χ1v) is 10.8. The first-order valence-electron chi connectivity index (χ1n) is 10.8.